The maximum Gasteiger partial charge on any atom is 0.269 e. The Balaban J connectivity index is 1.49. The summed E-state index contributed by atoms with van der Waals surface area (Å²) in [6.07, 6.45) is -1.07. The number of nitrogens with zero attached hydrogens (tertiary/aromatic N) is 2. The van der Waals surface area contributed by atoms with Crippen molar-refractivity contribution in [3.63, 3.8) is 0 Å². The van der Waals surface area contributed by atoms with Crippen LogP contribution in [0.4, 0.5) is 0 Å². The van der Waals surface area contributed by atoms with Crippen LogP contribution in [0, 0.1) is 0 Å². The van der Waals surface area contributed by atoms with Crippen molar-refractivity contribution < 1.29 is 44.8 Å². The van der Waals surface area contributed by atoms with Gasteiger partial charge in [0.2, 0.25) is 0 Å². The molecule has 4 aromatic rings. The molecule has 13 nitrogen and oxygen atoms in total. The second kappa shape index (κ2) is 17.4. The molecule has 4 aliphatic heterocycles. The largest absolute Gasteiger partial charge is 0.503 e. The summed E-state index contributed by atoms with van der Waals surface area (Å²) in [5, 5.41) is 63.5. The third kappa shape index (κ3) is 9.45. The Kier molecular flexibility index (Phi) is 13.2. The number of hydrogen-bond acceptors (Lipinski definition) is 11. The molecule has 4 heterocycles. The molecule has 2 amide bonds. The molecular formula is C34H27Br5N4O9. The van der Waals surface area contributed by atoms with Gasteiger partial charge in [0.05, 0.1) is 28.5 Å². The summed E-state index contributed by atoms with van der Waals surface area (Å²) in [4.78, 5) is 26.0. The highest BCUT2D eigenvalue weighted by molar-refractivity contribution is 9.11. The number of phenols is 2. The first kappa shape index (κ1) is 39.5. The number of halogens is 5. The van der Waals surface area contributed by atoms with Crippen LogP contribution in [0.5, 0.6) is 34.5 Å². The highest BCUT2D eigenvalue weighted by Gasteiger charge is 2.22. The average molecular weight is 1040 g/mol. The lowest BCUT2D eigenvalue weighted by molar-refractivity contribution is -0.116. The molecule has 52 heavy (non-hydrogen) atoms. The van der Waals surface area contributed by atoms with Crippen LogP contribution >= 0.6 is 79.6 Å². The van der Waals surface area contributed by atoms with Crippen LogP contribution in [0.15, 0.2) is 87.3 Å². The summed E-state index contributed by atoms with van der Waals surface area (Å²) in [6, 6.07) is 14.3. The van der Waals surface area contributed by atoms with Crippen molar-refractivity contribution in [1.82, 2.24) is 10.6 Å². The number of carbonyl (C=O) groups is 2. The van der Waals surface area contributed by atoms with Crippen molar-refractivity contribution in [2.24, 2.45) is 10.3 Å². The molecule has 8 rings (SSSR count). The fourth-order valence-electron chi connectivity index (χ4n) is 5.03. The van der Waals surface area contributed by atoms with Crippen LogP contribution < -0.4 is 20.1 Å². The van der Waals surface area contributed by atoms with Gasteiger partial charge in [-0.25, -0.2) is 0 Å². The fourth-order valence-corrected chi connectivity index (χ4v) is 7.90. The molecule has 18 heteroatoms. The summed E-state index contributed by atoms with van der Waals surface area (Å²) in [6.45, 7) is -0.0855. The van der Waals surface area contributed by atoms with Crippen LogP contribution in [0.1, 0.15) is 28.4 Å². The Morgan fingerprint density at radius 1 is 0.635 bits per heavy atom. The average Bonchev–Trinajstić information content (AvgIpc) is 3.10. The number of oxime groups is 2. The van der Waals surface area contributed by atoms with E-state index in [4.69, 9.17) is 9.47 Å². The zero-order chi connectivity index (χ0) is 37.7. The van der Waals surface area contributed by atoms with Crippen LogP contribution in [0.25, 0.3) is 0 Å². The van der Waals surface area contributed by atoms with Gasteiger partial charge in [-0.05, 0) is 157 Å². The Morgan fingerprint density at radius 2 is 1.17 bits per heavy atom. The van der Waals surface area contributed by atoms with E-state index in [1.807, 2.05) is 0 Å². The van der Waals surface area contributed by atoms with Crippen LogP contribution in [-0.2, 0) is 28.9 Å². The number of ether oxygens (including phenoxy) is 2. The van der Waals surface area contributed by atoms with Gasteiger partial charge >= 0.3 is 0 Å². The normalized spacial score (nSPS) is 17.5. The number of nitrogens with one attached hydrogen (secondary N) is 2. The molecule has 0 spiro atoms. The molecule has 0 saturated heterocycles. The number of aliphatic hydroxyl groups excluding tert-OH is 1. The predicted octanol–water partition coefficient (Wildman–Crippen LogP) is 7.76. The van der Waals surface area contributed by atoms with Gasteiger partial charge in [-0.15, -0.1) is 0 Å². The van der Waals surface area contributed by atoms with Crippen molar-refractivity contribution in [2.75, 3.05) is 13.1 Å². The zero-order valence-electron chi connectivity index (χ0n) is 26.5. The highest BCUT2D eigenvalue weighted by atomic mass is 79.9. The van der Waals surface area contributed by atoms with Crippen molar-refractivity contribution >= 4 is 103 Å². The lowest BCUT2D eigenvalue weighted by atomic mass is 10.1. The summed E-state index contributed by atoms with van der Waals surface area (Å²) in [5.74, 6) is -1.06. The van der Waals surface area contributed by atoms with Crippen LogP contribution in [0.2, 0.25) is 0 Å². The lowest BCUT2D eigenvalue weighted by Crippen LogP contribution is -2.35. The van der Waals surface area contributed by atoms with Crippen LogP contribution in [0.3, 0.4) is 0 Å². The van der Waals surface area contributed by atoms with Gasteiger partial charge in [0.15, 0.2) is 28.7 Å². The summed E-state index contributed by atoms with van der Waals surface area (Å²) in [5.41, 5.74) is 1.70. The van der Waals surface area contributed by atoms with Crippen molar-refractivity contribution in [2.45, 2.75) is 25.4 Å². The minimum absolute atomic E-state index is 0.0208. The third-order valence-electron chi connectivity index (χ3n) is 7.67. The highest BCUT2D eigenvalue weighted by Crippen LogP contribution is 2.44. The summed E-state index contributed by atoms with van der Waals surface area (Å²) >= 11 is 17.0. The van der Waals surface area contributed by atoms with E-state index in [1.54, 1.807) is 42.5 Å². The Bertz CT molecular complexity index is 2090. The van der Waals surface area contributed by atoms with Crippen molar-refractivity contribution in [1.29, 1.82) is 0 Å². The number of carbonyl (C=O) groups excluding carboxylic acids is 2. The number of benzene rings is 4. The van der Waals surface area contributed by atoms with Gasteiger partial charge < -0.3 is 45.8 Å². The number of aromatic hydroxyl groups is 2. The maximum atomic E-state index is 13.0. The SMILES string of the molecule is O=C1NCCc2cc(Br)c(O)c(c2)Oc2c(Br)cc(cc2Br)C(O)CNC(=O)/C(=N/O)Cc2cc(Br)c(O)c(c2)Oc2ccc(cc2Br)C/C1=N\O. The van der Waals surface area contributed by atoms with E-state index in [0.29, 0.717) is 52.3 Å². The number of phenolic OH excluding ortho intramolecular Hbond substituents is 2. The van der Waals surface area contributed by atoms with Gasteiger partial charge in [0.25, 0.3) is 11.8 Å². The molecule has 0 fully saturated rings. The minimum Gasteiger partial charge on any atom is -0.503 e. The maximum absolute atomic E-state index is 13.0. The molecule has 272 valence electrons. The standard InChI is InChI=1S/C34H27Br5N4O9/c35-19-5-15-1-2-27(19)51-28-11-17(7-21(37)30(28)45)9-25(43-50)34(48)41-14-26(44)18-12-22(38)32(23(39)13-18)52-29-10-16(6-20(36)31(29)46)3-4-40-33(47)24(8-15)42-49/h1-2,5-7,10-13,26,44-46,49-50H,3-4,8-9,14H2,(H,40,47)(H,41,48)/b42-24+,43-25+. The molecule has 0 aromatic heterocycles. The topological polar surface area (TPSA) is 203 Å². The number of amides is 2. The van der Waals surface area contributed by atoms with E-state index in [9.17, 15) is 35.3 Å². The Labute approximate surface area is 338 Å². The second-order valence-corrected chi connectivity index (χ2v) is 15.6. The van der Waals surface area contributed by atoms with Crippen molar-refractivity contribution in [3.05, 3.63) is 99.2 Å². The molecule has 8 bridgehead atoms. The smallest absolute Gasteiger partial charge is 0.269 e. The van der Waals surface area contributed by atoms with Gasteiger partial charge in [-0.1, -0.05) is 16.4 Å². The molecule has 0 radical (unpaired) electrons. The summed E-state index contributed by atoms with van der Waals surface area (Å²) in [7, 11) is 0. The van der Waals surface area contributed by atoms with Gasteiger partial charge in [0.1, 0.15) is 17.2 Å². The Morgan fingerprint density at radius 3 is 1.79 bits per heavy atom. The zero-order valence-corrected chi connectivity index (χ0v) is 34.4. The second-order valence-electron chi connectivity index (χ2n) is 11.3. The first-order valence-corrected chi connectivity index (χ1v) is 19.1. The van der Waals surface area contributed by atoms with Gasteiger partial charge in [0, 0.05) is 25.9 Å². The van der Waals surface area contributed by atoms with E-state index >= 15 is 0 Å². The molecule has 7 N–H and O–H groups in total. The van der Waals surface area contributed by atoms with Crippen LogP contribution in [-0.4, -0.2) is 62.1 Å². The lowest BCUT2D eigenvalue weighted by Gasteiger charge is -2.18. The molecule has 0 saturated carbocycles. The van der Waals surface area contributed by atoms with Crippen molar-refractivity contribution in [3.8, 4) is 34.5 Å². The van der Waals surface area contributed by atoms with E-state index in [2.05, 4.69) is 101 Å². The number of hydrogen-bond donors (Lipinski definition) is 7. The first-order chi connectivity index (χ1) is 24.8. The molecule has 1 unspecified atom stereocenters. The minimum atomic E-state index is -1.19. The molecule has 0 aliphatic carbocycles. The quantitative estimate of drug-likeness (QED) is 0.0679. The molecule has 1 atom stereocenters. The van der Waals surface area contributed by atoms with E-state index < -0.39 is 17.9 Å². The van der Waals surface area contributed by atoms with E-state index in [0.717, 1.165) is 0 Å². The van der Waals surface area contributed by atoms with Gasteiger partial charge in [-0.2, -0.15) is 0 Å². The number of rotatable bonds is 0. The third-order valence-corrected chi connectivity index (χ3v) is 10.7. The van der Waals surface area contributed by atoms with E-state index in [1.165, 1.54) is 12.1 Å². The monoisotopic (exact) mass is 1030 g/mol. The first-order valence-electron chi connectivity index (χ1n) is 15.1. The molecular weight excluding hydrogens is 1010 g/mol. The molecule has 4 aromatic carbocycles. The Hall–Kier alpha value is -3.68. The van der Waals surface area contributed by atoms with Gasteiger partial charge in [-0.3, -0.25) is 9.59 Å². The number of aliphatic hydroxyl groups is 1. The fraction of sp³-hybridized carbons (Fsp3) is 0.176. The predicted molar refractivity (Wildman–Crippen MR) is 208 cm³/mol. The van der Waals surface area contributed by atoms with E-state index in [-0.39, 0.29) is 70.6 Å². The summed E-state index contributed by atoms with van der Waals surface area (Å²) < 4.78 is 13.9. The molecule has 4 aliphatic rings.